The number of nitrogens with one attached hydrogen (secondary N) is 1. The van der Waals surface area contributed by atoms with Gasteiger partial charge in [-0.15, -0.1) is 0 Å². The van der Waals surface area contributed by atoms with E-state index in [0.717, 1.165) is 65.8 Å². The Hall–Kier alpha value is -3.62. The molecule has 1 aliphatic rings. The van der Waals surface area contributed by atoms with Crippen molar-refractivity contribution in [2.75, 3.05) is 47.6 Å². The summed E-state index contributed by atoms with van der Waals surface area (Å²) in [5, 5.41) is 21.6. The van der Waals surface area contributed by atoms with Crippen LogP contribution >= 0.6 is 0 Å². The Balaban J connectivity index is 0.000000254. The van der Waals surface area contributed by atoms with Gasteiger partial charge in [0.1, 0.15) is 17.2 Å². The number of methoxy groups -OCH3 is 2. The highest BCUT2D eigenvalue weighted by Gasteiger charge is 2.14. The average Bonchev–Trinajstić information content (AvgIpc) is 3.07. The number of para-hydroxylation sites is 1. The number of piperidine rings is 1. The second-order valence-electron chi connectivity index (χ2n) is 9.84. The van der Waals surface area contributed by atoms with Crippen molar-refractivity contribution >= 4 is 10.8 Å². The van der Waals surface area contributed by atoms with Gasteiger partial charge in [0, 0.05) is 24.5 Å². The molecule has 0 atom stereocenters. The molecule has 4 aromatic rings. The Morgan fingerprint density at radius 3 is 2.19 bits per heavy atom. The van der Waals surface area contributed by atoms with Gasteiger partial charge in [-0.2, -0.15) is 0 Å². The highest BCUT2D eigenvalue weighted by Crippen LogP contribution is 2.28. The topological polar surface area (TPSA) is 89.4 Å². The predicted octanol–water partition coefficient (Wildman–Crippen LogP) is 6.10. The molecule has 4 aromatic carbocycles. The number of fused-ring (bicyclic) bond motifs is 1. The first-order valence-corrected chi connectivity index (χ1v) is 14.5. The molecule has 0 spiro atoms. The van der Waals surface area contributed by atoms with Crippen molar-refractivity contribution in [2.24, 2.45) is 0 Å². The summed E-state index contributed by atoms with van der Waals surface area (Å²) >= 11 is 0. The third-order valence-corrected chi connectivity index (χ3v) is 7.13. The van der Waals surface area contributed by atoms with Gasteiger partial charge >= 0.3 is 0 Å². The fourth-order valence-corrected chi connectivity index (χ4v) is 4.94. The highest BCUT2D eigenvalue weighted by molar-refractivity contribution is 5.89. The predicted molar refractivity (Wildman–Crippen MR) is 169 cm³/mol. The summed E-state index contributed by atoms with van der Waals surface area (Å²) in [6.07, 6.45) is 3.32. The van der Waals surface area contributed by atoms with Crippen molar-refractivity contribution in [3.05, 3.63) is 102 Å². The van der Waals surface area contributed by atoms with E-state index in [4.69, 9.17) is 29.2 Å². The monoisotopic (exact) mass is 575 g/mol. The van der Waals surface area contributed by atoms with Gasteiger partial charge in [-0.05, 0) is 78.7 Å². The van der Waals surface area contributed by atoms with Crippen LogP contribution in [-0.2, 0) is 18.0 Å². The number of hydrogen-bond acceptors (Lipinski definition) is 7. The first-order chi connectivity index (χ1) is 20.7. The lowest BCUT2D eigenvalue weighted by molar-refractivity contribution is 0.105. The van der Waals surface area contributed by atoms with Crippen molar-refractivity contribution in [1.29, 1.82) is 0 Å². The van der Waals surface area contributed by atoms with Gasteiger partial charge in [-0.3, -0.25) is 0 Å². The second kappa shape index (κ2) is 18.7. The molecule has 1 aliphatic heterocycles. The highest BCUT2D eigenvalue weighted by atomic mass is 16.5. The Morgan fingerprint density at radius 1 is 0.786 bits per heavy atom. The Bertz CT molecular complexity index is 1300. The molecule has 5 rings (SSSR count). The molecule has 42 heavy (non-hydrogen) atoms. The van der Waals surface area contributed by atoms with E-state index in [2.05, 4.69) is 29.6 Å². The fourth-order valence-electron chi connectivity index (χ4n) is 4.94. The fraction of sp³-hybridized carbons (Fsp3) is 0.371. The maximum absolute atomic E-state index is 9.06. The molecule has 7 nitrogen and oxygen atoms in total. The first kappa shape index (κ1) is 32.9. The van der Waals surface area contributed by atoms with Gasteiger partial charge in [0.2, 0.25) is 0 Å². The third kappa shape index (κ3) is 10.0. The number of rotatable bonds is 11. The van der Waals surface area contributed by atoms with Crippen LogP contribution in [0.15, 0.2) is 84.9 Å². The largest absolute Gasteiger partial charge is 0.496 e. The van der Waals surface area contributed by atoms with Crippen LogP contribution in [0.25, 0.3) is 10.8 Å². The maximum atomic E-state index is 9.06. The molecule has 226 valence electrons. The molecule has 7 heteroatoms. The zero-order valence-electron chi connectivity index (χ0n) is 25.1. The molecule has 3 N–H and O–H groups in total. The Kier molecular flexibility index (Phi) is 14.7. The van der Waals surface area contributed by atoms with Crippen LogP contribution in [0.5, 0.6) is 17.2 Å². The third-order valence-electron chi connectivity index (χ3n) is 7.13. The van der Waals surface area contributed by atoms with Crippen LogP contribution in [0.1, 0.15) is 41.9 Å². The number of aliphatic hydroxyl groups is 2. The Morgan fingerprint density at radius 2 is 1.48 bits per heavy atom. The standard InChI is InChI=1S/C22H29NO3.C12H12O2.CH4O/c1-24-22-6-3-2-5-20(22)17-25-15-4-16-26-21-9-7-18(8-10-21)19-11-13-23-14-12-19;1-14-12-7-9(8-13)6-10-4-2-3-5-11(10)12;1-2/h2-3,5-10,19,23H,4,11-17H2,1H3;2-7,13H,8H2,1H3;2H,1H3. The summed E-state index contributed by atoms with van der Waals surface area (Å²) < 4.78 is 22.1. The van der Waals surface area contributed by atoms with Crippen LogP contribution in [0.4, 0.5) is 0 Å². The molecule has 1 saturated heterocycles. The smallest absolute Gasteiger partial charge is 0.127 e. The minimum Gasteiger partial charge on any atom is -0.496 e. The SMILES string of the molecule is CO.COc1cc(CO)cc2ccccc12.COc1ccccc1COCCCOc1ccc(C2CCNCC2)cc1. The summed E-state index contributed by atoms with van der Waals surface area (Å²) in [6.45, 7) is 4.19. The number of hydrogen-bond donors (Lipinski definition) is 3. The molecule has 1 fully saturated rings. The molecule has 0 bridgehead atoms. The normalized spacial score (nSPS) is 12.9. The molecule has 0 saturated carbocycles. The second-order valence-corrected chi connectivity index (χ2v) is 9.84. The Labute approximate surface area is 250 Å². The van der Waals surface area contributed by atoms with Gasteiger partial charge < -0.3 is 34.5 Å². The van der Waals surface area contributed by atoms with Crippen molar-refractivity contribution in [3.63, 3.8) is 0 Å². The molecule has 0 aromatic heterocycles. The van der Waals surface area contributed by atoms with Gasteiger partial charge in [0.15, 0.2) is 0 Å². The molecule has 0 aliphatic carbocycles. The lowest BCUT2D eigenvalue weighted by Gasteiger charge is -2.23. The van der Waals surface area contributed by atoms with Gasteiger partial charge in [0.25, 0.3) is 0 Å². The quantitative estimate of drug-likeness (QED) is 0.186. The van der Waals surface area contributed by atoms with E-state index in [1.165, 1.54) is 18.4 Å². The zero-order valence-corrected chi connectivity index (χ0v) is 25.1. The average molecular weight is 576 g/mol. The van der Waals surface area contributed by atoms with Crippen LogP contribution < -0.4 is 19.5 Å². The number of aliphatic hydroxyl groups excluding tert-OH is 2. The summed E-state index contributed by atoms with van der Waals surface area (Å²) in [5.74, 6) is 3.31. The van der Waals surface area contributed by atoms with Gasteiger partial charge in [0.05, 0.1) is 40.6 Å². The van der Waals surface area contributed by atoms with Gasteiger partial charge in [-0.1, -0.05) is 54.6 Å². The van der Waals surface area contributed by atoms with Crippen LogP contribution in [0.2, 0.25) is 0 Å². The van der Waals surface area contributed by atoms with E-state index < -0.39 is 0 Å². The zero-order chi connectivity index (χ0) is 30.0. The number of ether oxygens (including phenoxy) is 4. The lowest BCUT2D eigenvalue weighted by atomic mass is 9.90. The van der Waals surface area contributed by atoms with Crippen molar-refractivity contribution in [1.82, 2.24) is 5.32 Å². The van der Waals surface area contributed by atoms with Crippen molar-refractivity contribution < 1.29 is 29.2 Å². The van der Waals surface area contributed by atoms with Gasteiger partial charge in [-0.25, -0.2) is 0 Å². The molecular weight excluding hydrogens is 530 g/mol. The summed E-state index contributed by atoms with van der Waals surface area (Å²) in [5.41, 5.74) is 3.38. The van der Waals surface area contributed by atoms with Crippen LogP contribution in [0.3, 0.4) is 0 Å². The van der Waals surface area contributed by atoms with Crippen LogP contribution in [-0.4, -0.2) is 57.8 Å². The summed E-state index contributed by atoms with van der Waals surface area (Å²) in [4.78, 5) is 0. The number of benzene rings is 4. The minimum atomic E-state index is 0.0429. The van der Waals surface area contributed by atoms with E-state index in [9.17, 15) is 0 Å². The maximum Gasteiger partial charge on any atom is 0.127 e. The molecular formula is C35H45NO6. The van der Waals surface area contributed by atoms with E-state index in [0.29, 0.717) is 25.7 Å². The lowest BCUT2D eigenvalue weighted by Crippen LogP contribution is -2.26. The van der Waals surface area contributed by atoms with E-state index in [-0.39, 0.29) is 6.61 Å². The molecule has 0 radical (unpaired) electrons. The summed E-state index contributed by atoms with van der Waals surface area (Å²) in [7, 11) is 4.33. The first-order valence-electron chi connectivity index (χ1n) is 14.5. The molecule has 1 heterocycles. The van der Waals surface area contributed by atoms with Crippen LogP contribution in [0, 0.1) is 0 Å². The summed E-state index contributed by atoms with van der Waals surface area (Å²) in [6, 6.07) is 28.4. The van der Waals surface area contributed by atoms with E-state index in [1.807, 2.05) is 60.7 Å². The van der Waals surface area contributed by atoms with Crippen molar-refractivity contribution in [3.8, 4) is 17.2 Å². The van der Waals surface area contributed by atoms with E-state index in [1.54, 1.807) is 14.2 Å². The molecule has 0 amide bonds. The van der Waals surface area contributed by atoms with E-state index >= 15 is 0 Å². The molecule has 0 unspecified atom stereocenters. The minimum absolute atomic E-state index is 0.0429. The van der Waals surface area contributed by atoms with Crippen molar-refractivity contribution in [2.45, 2.75) is 38.4 Å².